The maximum atomic E-state index is 12.7. The highest BCUT2D eigenvalue weighted by Crippen LogP contribution is 2.33. The summed E-state index contributed by atoms with van der Waals surface area (Å²) in [6.45, 7) is 6.15. The predicted molar refractivity (Wildman–Crippen MR) is 93.5 cm³/mol. The Balaban J connectivity index is 1.66. The number of nitrogens with one attached hydrogen (secondary N) is 1. The molecule has 3 N–H and O–H groups in total. The van der Waals surface area contributed by atoms with Crippen molar-refractivity contribution in [2.75, 3.05) is 0 Å². The van der Waals surface area contributed by atoms with E-state index in [1.54, 1.807) is 0 Å². The average Bonchev–Trinajstić information content (AvgIpc) is 3.23. The molecule has 3 rings (SSSR count). The second kappa shape index (κ2) is 6.20. The Bertz CT molecular complexity index is 627. The van der Waals surface area contributed by atoms with Gasteiger partial charge in [-0.25, -0.2) is 0 Å². The first-order valence-corrected chi connectivity index (χ1v) is 8.84. The molecule has 3 atom stereocenters. The van der Waals surface area contributed by atoms with Crippen LogP contribution in [0.2, 0.25) is 0 Å². The van der Waals surface area contributed by atoms with Crippen molar-refractivity contribution in [2.45, 2.75) is 70.1 Å². The number of carbonyl (C=O) groups excluding carboxylic acids is 2. The van der Waals surface area contributed by atoms with E-state index in [0.717, 1.165) is 31.2 Å². The lowest BCUT2D eigenvalue weighted by atomic mass is 10.0. The zero-order valence-electron chi connectivity index (χ0n) is 14.7. The van der Waals surface area contributed by atoms with Crippen molar-refractivity contribution in [1.82, 2.24) is 10.2 Å². The van der Waals surface area contributed by atoms with Gasteiger partial charge in [0.2, 0.25) is 5.91 Å². The topological polar surface area (TPSA) is 75.4 Å². The van der Waals surface area contributed by atoms with E-state index in [9.17, 15) is 9.59 Å². The van der Waals surface area contributed by atoms with Crippen LogP contribution < -0.4 is 11.1 Å². The van der Waals surface area contributed by atoms with Gasteiger partial charge in [-0.15, -0.1) is 0 Å². The fourth-order valence-electron chi connectivity index (χ4n) is 3.44. The van der Waals surface area contributed by atoms with E-state index in [0.29, 0.717) is 17.6 Å². The Morgan fingerprint density at radius 2 is 1.71 bits per heavy atom. The summed E-state index contributed by atoms with van der Waals surface area (Å²) < 4.78 is 0. The Morgan fingerprint density at radius 3 is 2.21 bits per heavy atom. The van der Waals surface area contributed by atoms with Crippen LogP contribution in [0.1, 0.15) is 68.4 Å². The van der Waals surface area contributed by atoms with Crippen molar-refractivity contribution < 1.29 is 9.59 Å². The third-order valence-electron chi connectivity index (χ3n) is 5.43. The molecule has 1 aliphatic carbocycles. The molecule has 2 fully saturated rings. The van der Waals surface area contributed by atoms with E-state index in [4.69, 9.17) is 5.73 Å². The van der Waals surface area contributed by atoms with Gasteiger partial charge in [0.1, 0.15) is 0 Å². The van der Waals surface area contributed by atoms with Crippen molar-refractivity contribution >= 4 is 11.8 Å². The van der Waals surface area contributed by atoms with Crippen molar-refractivity contribution in [1.29, 1.82) is 0 Å². The first-order chi connectivity index (χ1) is 11.3. The van der Waals surface area contributed by atoms with Gasteiger partial charge in [0.15, 0.2) is 0 Å². The Hall–Kier alpha value is -1.88. The smallest absolute Gasteiger partial charge is 0.254 e. The molecule has 2 amide bonds. The van der Waals surface area contributed by atoms with Gasteiger partial charge in [-0.3, -0.25) is 9.59 Å². The summed E-state index contributed by atoms with van der Waals surface area (Å²) in [5.41, 5.74) is 6.94. The first-order valence-electron chi connectivity index (χ1n) is 8.84. The third kappa shape index (κ3) is 3.18. The standard InChI is InChI=1S/C19H27N3O2/c1-12-4-5-13(2)22(12)17(23)16-8-6-15(7-9-16)14(3)21-18(24)19(20)10-11-19/h6-9,12-14H,4-5,10-11,20H2,1-3H3,(H,21,24)/t12-,13?,14?/m1/s1. The molecule has 0 bridgehead atoms. The Labute approximate surface area is 143 Å². The van der Waals surface area contributed by atoms with Gasteiger partial charge in [-0.1, -0.05) is 12.1 Å². The minimum absolute atomic E-state index is 0.0881. The summed E-state index contributed by atoms with van der Waals surface area (Å²) in [6.07, 6.45) is 3.64. The van der Waals surface area contributed by atoms with Crippen LogP contribution in [0.25, 0.3) is 0 Å². The molecule has 2 aliphatic rings. The normalized spacial score (nSPS) is 26.1. The number of hydrogen-bond acceptors (Lipinski definition) is 3. The molecule has 24 heavy (non-hydrogen) atoms. The molecule has 1 aromatic carbocycles. The van der Waals surface area contributed by atoms with Gasteiger partial charge in [-0.2, -0.15) is 0 Å². The average molecular weight is 329 g/mol. The first kappa shape index (κ1) is 17.0. The molecule has 5 nitrogen and oxygen atoms in total. The fraction of sp³-hybridized carbons (Fsp3) is 0.579. The highest BCUT2D eigenvalue weighted by atomic mass is 16.2. The molecule has 1 aromatic rings. The molecular formula is C19H27N3O2. The van der Waals surface area contributed by atoms with Gasteiger partial charge < -0.3 is 16.0 Å². The molecule has 1 heterocycles. The molecule has 1 saturated heterocycles. The fourth-order valence-corrected chi connectivity index (χ4v) is 3.44. The minimum atomic E-state index is -0.661. The lowest BCUT2D eigenvalue weighted by Gasteiger charge is -2.26. The lowest BCUT2D eigenvalue weighted by Crippen LogP contribution is -2.43. The monoisotopic (exact) mass is 329 g/mol. The highest BCUT2D eigenvalue weighted by molar-refractivity contribution is 5.95. The predicted octanol–water partition coefficient (Wildman–Crippen LogP) is 2.37. The SMILES string of the molecule is CC(NC(=O)C1(N)CC1)c1ccc(C(=O)N2C(C)CC[C@H]2C)cc1. The summed E-state index contributed by atoms with van der Waals surface area (Å²) in [6, 6.07) is 8.02. The largest absolute Gasteiger partial charge is 0.348 e. The van der Waals surface area contributed by atoms with Gasteiger partial charge in [0.25, 0.3) is 5.91 Å². The second-order valence-electron chi connectivity index (χ2n) is 7.46. The number of rotatable bonds is 4. The molecule has 1 saturated carbocycles. The molecule has 2 unspecified atom stereocenters. The van der Waals surface area contributed by atoms with E-state index in [-0.39, 0.29) is 17.9 Å². The molecule has 0 aromatic heterocycles. The van der Waals surface area contributed by atoms with Crippen LogP contribution in [0, 0.1) is 0 Å². The van der Waals surface area contributed by atoms with Crippen LogP contribution in [-0.4, -0.2) is 34.3 Å². The summed E-state index contributed by atoms with van der Waals surface area (Å²) >= 11 is 0. The zero-order chi connectivity index (χ0) is 17.5. The van der Waals surface area contributed by atoms with Crippen molar-refractivity contribution in [2.24, 2.45) is 5.73 Å². The molecule has 0 radical (unpaired) electrons. The van der Waals surface area contributed by atoms with E-state index >= 15 is 0 Å². The third-order valence-corrected chi connectivity index (χ3v) is 5.43. The maximum Gasteiger partial charge on any atom is 0.254 e. The number of nitrogens with zero attached hydrogens (tertiary/aromatic N) is 1. The van der Waals surface area contributed by atoms with Gasteiger partial charge in [0, 0.05) is 17.6 Å². The molecule has 5 heteroatoms. The highest BCUT2D eigenvalue weighted by Gasteiger charge is 2.46. The second-order valence-corrected chi connectivity index (χ2v) is 7.46. The van der Waals surface area contributed by atoms with Crippen molar-refractivity contribution in [3.05, 3.63) is 35.4 Å². The minimum Gasteiger partial charge on any atom is -0.348 e. The number of nitrogens with two attached hydrogens (primary N) is 1. The Kier molecular flexibility index (Phi) is 4.38. The Morgan fingerprint density at radius 1 is 1.17 bits per heavy atom. The van der Waals surface area contributed by atoms with Crippen LogP contribution in [0.15, 0.2) is 24.3 Å². The number of likely N-dealkylation sites (tertiary alicyclic amines) is 1. The zero-order valence-corrected chi connectivity index (χ0v) is 14.7. The molecule has 0 spiro atoms. The van der Waals surface area contributed by atoms with Crippen LogP contribution in [0.4, 0.5) is 0 Å². The summed E-state index contributed by atoms with van der Waals surface area (Å²) in [5, 5.41) is 2.96. The molecule has 130 valence electrons. The van der Waals surface area contributed by atoms with Crippen molar-refractivity contribution in [3.8, 4) is 0 Å². The van der Waals surface area contributed by atoms with Crippen LogP contribution in [-0.2, 0) is 4.79 Å². The lowest BCUT2D eigenvalue weighted by molar-refractivity contribution is -0.123. The number of amides is 2. The molecular weight excluding hydrogens is 302 g/mol. The number of hydrogen-bond donors (Lipinski definition) is 2. The summed E-state index contributed by atoms with van der Waals surface area (Å²) in [4.78, 5) is 26.7. The van der Waals surface area contributed by atoms with Crippen LogP contribution in [0.5, 0.6) is 0 Å². The van der Waals surface area contributed by atoms with E-state index in [2.05, 4.69) is 19.2 Å². The summed E-state index contributed by atoms with van der Waals surface area (Å²) in [7, 11) is 0. The van der Waals surface area contributed by atoms with Crippen LogP contribution in [0.3, 0.4) is 0 Å². The van der Waals surface area contributed by atoms with E-state index in [1.165, 1.54) is 0 Å². The van der Waals surface area contributed by atoms with E-state index < -0.39 is 5.54 Å². The maximum absolute atomic E-state index is 12.7. The van der Waals surface area contributed by atoms with Gasteiger partial charge in [0.05, 0.1) is 11.6 Å². The number of benzene rings is 1. The van der Waals surface area contributed by atoms with Crippen molar-refractivity contribution in [3.63, 3.8) is 0 Å². The quantitative estimate of drug-likeness (QED) is 0.890. The van der Waals surface area contributed by atoms with Gasteiger partial charge in [-0.05, 0) is 64.2 Å². The van der Waals surface area contributed by atoms with Crippen LogP contribution >= 0.6 is 0 Å². The molecule has 1 aliphatic heterocycles. The number of carbonyl (C=O) groups is 2. The van der Waals surface area contributed by atoms with Gasteiger partial charge >= 0.3 is 0 Å². The van der Waals surface area contributed by atoms with E-state index in [1.807, 2.05) is 36.1 Å². The summed E-state index contributed by atoms with van der Waals surface area (Å²) in [5.74, 6) is 0.00417.